The molecule has 1 aromatic heterocycles. The third kappa shape index (κ3) is 4.34. The summed E-state index contributed by atoms with van der Waals surface area (Å²) in [4.78, 5) is 10.2. The Morgan fingerprint density at radius 2 is 0.936 bits per heavy atom. The van der Waals surface area contributed by atoms with Crippen molar-refractivity contribution in [1.82, 2.24) is 9.97 Å². The molecule has 9 rings (SSSR count). The molecule has 8 aromatic rings. The van der Waals surface area contributed by atoms with Gasteiger partial charge < -0.3 is 0 Å². The summed E-state index contributed by atoms with van der Waals surface area (Å²) < 4.78 is 0. The molecule has 0 bridgehead atoms. The van der Waals surface area contributed by atoms with Crippen molar-refractivity contribution in [2.24, 2.45) is 0 Å². The topological polar surface area (TPSA) is 25.8 Å². The highest BCUT2D eigenvalue weighted by atomic mass is 14.9. The lowest BCUT2D eigenvalue weighted by molar-refractivity contribution is 0.775. The predicted molar refractivity (Wildman–Crippen MR) is 193 cm³/mol. The molecule has 2 nitrogen and oxygen atoms in total. The molecule has 0 N–H and O–H groups in total. The number of hydrogen-bond acceptors (Lipinski definition) is 2. The first-order valence-corrected chi connectivity index (χ1v) is 16.1. The fourth-order valence-electron chi connectivity index (χ4n) is 7.49. The third-order valence-electron chi connectivity index (χ3n) is 9.57. The summed E-state index contributed by atoms with van der Waals surface area (Å²) in [7, 11) is 0. The van der Waals surface area contributed by atoms with E-state index >= 15 is 0 Å². The summed E-state index contributed by atoms with van der Waals surface area (Å²) >= 11 is 0. The van der Waals surface area contributed by atoms with Gasteiger partial charge in [-0.2, -0.15) is 0 Å². The van der Waals surface area contributed by atoms with E-state index in [4.69, 9.17) is 9.97 Å². The Morgan fingerprint density at radius 3 is 1.62 bits per heavy atom. The van der Waals surface area contributed by atoms with Gasteiger partial charge in [0.15, 0.2) is 5.82 Å². The van der Waals surface area contributed by atoms with Crippen LogP contribution >= 0.6 is 0 Å². The van der Waals surface area contributed by atoms with E-state index < -0.39 is 5.41 Å². The van der Waals surface area contributed by atoms with Gasteiger partial charge in [0.25, 0.3) is 0 Å². The first-order chi connectivity index (χ1) is 23.3. The molecular weight excluding hydrogens is 569 g/mol. The highest BCUT2D eigenvalue weighted by Gasteiger charge is 2.47. The summed E-state index contributed by atoms with van der Waals surface area (Å²) in [5, 5.41) is 2.52. The van der Waals surface area contributed by atoms with Crippen LogP contribution in [-0.4, -0.2) is 9.97 Å². The van der Waals surface area contributed by atoms with Crippen LogP contribution in [0, 0.1) is 0 Å². The number of aromatic nitrogens is 2. The number of fused-ring (bicyclic) bond motifs is 5. The second-order valence-electron chi connectivity index (χ2n) is 12.1. The number of hydrogen-bond donors (Lipinski definition) is 0. The SMILES string of the molecule is c1ccc(-c2cc(-c3ccccc3)nc(-c3ccc(C4(c5ccccc5)c5ccccc5-c5ccc6ccccc6c54)cc3)n2)cc1. The summed E-state index contributed by atoms with van der Waals surface area (Å²) in [5.41, 5.74) is 12.1. The molecule has 0 saturated carbocycles. The van der Waals surface area contributed by atoms with Gasteiger partial charge >= 0.3 is 0 Å². The normalized spacial score (nSPS) is 14.9. The number of nitrogens with zero attached hydrogens (tertiary/aromatic N) is 2. The molecule has 47 heavy (non-hydrogen) atoms. The van der Waals surface area contributed by atoms with Gasteiger partial charge in [0.05, 0.1) is 16.8 Å². The molecule has 0 amide bonds. The zero-order valence-corrected chi connectivity index (χ0v) is 25.7. The van der Waals surface area contributed by atoms with Crippen LogP contribution in [0.2, 0.25) is 0 Å². The van der Waals surface area contributed by atoms with Crippen LogP contribution in [0.3, 0.4) is 0 Å². The highest BCUT2D eigenvalue weighted by Crippen LogP contribution is 2.58. The first-order valence-electron chi connectivity index (χ1n) is 16.1. The highest BCUT2D eigenvalue weighted by molar-refractivity contribution is 6.00. The molecule has 1 unspecified atom stereocenters. The average molecular weight is 599 g/mol. The smallest absolute Gasteiger partial charge is 0.160 e. The van der Waals surface area contributed by atoms with Crippen molar-refractivity contribution in [3.63, 3.8) is 0 Å². The molecule has 7 aromatic carbocycles. The van der Waals surface area contributed by atoms with Crippen LogP contribution < -0.4 is 0 Å². The minimum absolute atomic E-state index is 0.492. The van der Waals surface area contributed by atoms with E-state index in [2.05, 4.69) is 170 Å². The second kappa shape index (κ2) is 11.0. The largest absolute Gasteiger partial charge is 0.228 e. The Kier molecular flexibility index (Phi) is 6.39. The Labute approximate surface area is 274 Å². The maximum atomic E-state index is 5.10. The Balaban J connectivity index is 1.27. The van der Waals surface area contributed by atoms with Crippen LogP contribution in [0.25, 0.3) is 55.8 Å². The van der Waals surface area contributed by atoms with Gasteiger partial charge in [-0.15, -0.1) is 0 Å². The maximum Gasteiger partial charge on any atom is 0.160 e. The average Bonchev–Trinajstić information content (AvgIpc) is 3.47. The van der Waals surface area contributed by atoms with Gasteiger partial charge in [-0.3, -0.25) is 0 Å². The molecule has 0 aliphatic heterocycles. The molecule has 0 saturated heterocycles. The lowest BCUT2D eigenvalue weighted by Crippen LogP contribution is -2.28. The third-order valence-corrected chi connectivity index (χ3v) is 9.57. The fourth-order valence-corrected chi connectivity index (χ4v) is 7.49. The predicted octanol–water partition coefficient (Wildman–Crippen LogP) is 11.0. The summed E-state index contributed by atoms with van der Waals surface area (Å²) in [6.45, 7) is 0. The van der Waals surface area contributed by atoms with E-state index in [1.807, 2.05) is 12.1 Å². The van der Waals surface area contributed by atoms with Gasteiger partial charge in [0.2, 0.25) is 0 Å². The lowest BCUT2D eigenvalue weighted by Gasteiger charge is -2.34. The molecule has 1 aliphatic rings. The van der Waals surface area contributed by atoms with Gasteiger partial charge in [-0.05, 0) is 50.2 Å². The zero-order chi connectivity index (χ0) is 31.2. The molecule has 220 valence electrons. The number of benzene rings is 7. The fraction of sp³-hybridized carbons (Fsp3) is 0.0222. The van der Waals surface area contributed by atoms with E-state index in [9.17, 15) is 0 Å². The maximum absolute atomic E-state index is 5.10. The van der Waals surface area contributed by atoms with Gasteiger partial charge in [-0.1, -0.05) is 176 Å². The van der Waals surface area contributed by atoms with Crippen molar-refractivity contribution in [1.29, 1.82) is 0 Å². The van der Waals surface area contributed by atoms with Crippen molar-refractivity contribution in [2.45, 2.75) is 5.41 Å². The van der Waals surface area contributed by atoms with E-state index in [1.165, 1.54) is 44.2 Å². The number of rotatable bonds is 5. The van der Waals surface area contributed by atoms with Gasteiger partial charge in [-0.25, -0.2) is 9.97 Å². The Bertz CT molecular complexity index is 2320. The van der Waals surface area contributed by atoms with Crippen molar-refractivity contribution < 1.29 is 0 Å². The standard InChI is InChI=1S/C45H30N2/c1-4-15-32(16-5-1)41-30-42(33-17-6-2-7-18-33)47-44(46-41)34-24-27-36(28-25-34)45(35-19-8-3-9-20-35)40-23-13-12-22-38(40)39-29-26-31-14-10-11-21-37(31)43(39)45/h1-30H. The minimum Gasteiger partial charge on any atom is -0.228 e. The molecule has 1 heterocycles. The molecular formula is C45H30N2. The second-order valence-corrected chi connectivity index (χ2v) is 12.1. The first kappa shape index (κ1) is 27.2. The molecule has 1 aliphatic carbocycles. The van der Waals surface area contributed by atoms with Crippen molar-refractivity contribution in [2.75, 3.05) is 0 Å². The Morgan fingerprint density at radius 1 is 0.383 bits per heavy atom. The monoisotopic (exact) mass is 598 g/mol. The molecule has 1 atom stereocenters. The molecule has 0 radical (unpaired) electrons. The van der Waals surface area contributed by atoms with Crippen molar-refractivity contribution in [3.8, 4) is 45.0 Å². The van der Waals surface area contributed by atoms with Gasteiger partial charge in [0.1, 0.15) is 0 Å². The summed E-state index contributed by atoms with van der Waals surface area (Å²) in [6.07, 6.45) is 0. The van der Waals surface area contributed by atoms with E-state index in [-0.39, 0.29) is 0 Å². The van der Waals surface area contributed by atoms with Crippen LogP contribution in [0.1, 0.15) is 22.3 Å². The van der Waals surface area contributed by atoms with E-state index in [0.717, 1.165) is 28.1 Å². The minimum atomic E-state index is -0.492. The quantitative estimate of drug-likeness (QED) is 0.197. The van der Waals surface area contributed by atoms with E-state index in [1.54, 1.807) is 0 Å². The van der Waals surface area contributed by atoms with Crippen molar-refractivity contribution >= 4 is 10.8 Å². The van der Waals surface area contributed by atoms with Gasteiger partial charge in [0, 0.05) is 16.7 Å². The molecule has 0 spiro atoms. The van der Waals surface area contributed by atoms with Crippen molar-refractivity contribution in [3.05, 3.63) is 204 Å². The van der Waals surface area contributed by atoms with Crippen LogP contribution in [0.15, 0.2) is 182 Å². The van der Waals surface area contributed by atoms with E-state index in [0.29, 0.717) is 5.82 Å². The summed E-state index contributed by atoms with van der Waals surface area (Å²) in [6, 6.07) is 65.0. The Hall–Kier alpha value is -6.12. The summed E-state index contributed by atoms with van der Waals surface area (Å²) in [5.74, 6) is 0.711. The molecule has 2 heteroatoms. The van der Waals surface area contributed by atoms with Crippen LogP contribution in [0.4, 0.5) is 0 Å². The van der Waals surface area contributed by atoms with Crippen LogP contribution in [-0.2, 0) is 5.41 Å². The van der Waals surface area contributed by atoms with Crippen LogP contribution in [0.5, 0.6) is 0 Å². The lowest BCUT2D eigenvalue weighted by atomic mass is 9.66. The molecule has 0 fully saturated rings. The zero-order valence-electron chi connectivity index (χ0n) is 25.7.